The summed E-state index contributed by atoms with van der Waals surface area (Å²) in [7, 11) is -3.28. The van der Waals surface area contributed by atoms with Gasteiger partial charge in [0.05, 0.1) is 17.9 Å². The Kier molecular flexibility index (Phi) is 4.01. The molecule has 1 aromatic rings. The molecule has 2 rings (SSSR count). The third kappa shape index (κ3) is 4.31. The molecule has 0 heterocycles. The van der Waals surface area contributed by atoms with Crippen molar-refractivity contribution < 1.29 is 18.3 Å². The predicted molar refractivity (Wildman–Crippen MR) is 75.6 cm³/mol. The largest absolute Gasteiger partial charge is 0.481 e. The second-order valence-electron chi connectivity index (χ2n) is 5.23. The van der Waals surface area contributed by atoms with Gasteiger partial charge in [0.1, 0.15) is 0 Å². The van der Waals surface area contributed by atoms with Gasteiger partial charge in [0.2, 0.25) is 0 Å². The third-order valence-electron chi connectivity index (χ3n) is 3.29. The molecule has 4 nitrogen and oxygen atoms in total. The minimum Gasteiger partial charge on any atom is -0.481 e. The minimum atomic E-state index is -3.28. The fraction of sp³-hybridized carbons (Fsp3) is 0.462. The maximum Gasteiger partial charge on any atom is 0.303 e. The van der Waals surface area contributed by atoms with Gasteiger partial charge in [-0.3, -0.25) is 4.79 Å². The summed E-state index contributed by atoms with van der Waals surface area (Å²) in [6.45, 7) is 0. The van der Waals surface area contributed by atoms with Crippen molar-refractivity contribution in [1.29, 1.82) is 0 Å². The van der Waals surface area contributed by atoms with E-state index in [0.717, 1.165) is 10.0 Å². The van der Waals surface area contributed by atoms with E-state index in [9.17, 15) is 13.2 Å². The van der Waals surface area contributed by atoms with Gasteiger partial charge >= 0.3 is 5.97 Å². The summed E-state index contributed by atoms with van der Waals surface area (Å²) in [6, 6.07) is 7.16. The molecule has 0 saturated heterocycles. The van der Waals surface area contributed by atoms with Crippen molar-refractivity contribution in [3.63, 3.8) is 0 Å². The zero-order valence-electron chi connectivity index (χ0n) is 10.3. The Balaban J connectivity index is 2.05. The summed E-state index contributed by atoms with van der Waals surface area (Å²) in [5.74, 6) is -0.984. The van der Waals surface area contributed by atoms with Crippen molar-refractivity contribution in [1.82, 2.24) is 0 Å². The van der Waals surface area contributed by atoms with Crippen LogP contribution in [0.1, 0.15) is 24.8 Å². The van der Waals surface area contributed by atoms with Crippen molar-refractivity contribution in [2.45, 2.75) is 25.0 Å². The lowest BCUT2D eigenvalue weighted by Gasteiger charge is -2.13. The second-order valence-corrected chi connectivity index (χ2v) is 8.21. The number of aliphatic carboxylic acids is 1. The Hall–Kier alpha value is -0.880. The van der Waals surface area contributed by atoms with Gasteiger partial charge in [-0.05, 0) is 36.0 Å². The van der Waals surface area contributed by atoms with Crippen LogP contribution in [-0.2, 0) is 20.4 Å². The number of benzene rings is 1. The second kappa shape index (κ2) is 5.25. The third-order valence-corrected chi connectivity index (χ3v) is 5.60. The van der Waals surface area contributed by atoms with E-state index in [1.54, 1.807) is 18.2 Å². The average molecular weight is 347 g/mol. The molecule has 1 aromatic carbocycles. The van der Waals surface area contributed by atoms with Crippen LogP contribution in [0.25, 0.3) is 0 Å². The highest BCUT2D eigenvalue weighted by Gasteiger charge is 2.47. The number of halogens is 1. The van der Waals surface area contributed by atoms with Crippen molar-refractivity contribution >= 4 is 31.7 Å². The van der Waals surface area contributed by atoms with Crippen LogP contribution < -0.4 is 0 Å². The Morgan fingerprint density at radius 3 is 2.58 bits per heavy atom. The highest BCUT2D eigenvalue weighted by Crippen LogP contribution is 2.50. The number of carbonyl (C=O) groups is 1. The first-order valence-electron chi connectivity index (χ1n) is 5.97. The normalized spacial score (nSPS) is 17.1. The van der Waals surface area contributed by atoms with Crippen LogP contribution in [0.4, 0.5) is 0 Å². The van der Waals surface area contributed by atoms with Gasteiger partial charge in [0, 0.05) is 4.47 Å². The molecular formula is C13H15BrO4S. The van der Waals surface area contributed by atoms with Gasteiger partial charge in [0.25, 0.3) is 0 Å². The number of hydrogen-bond acceptors (Lipinski definition) is 3. The van der Waals surface area contributed by atoms with E-state index in [1.807, 2.05) is 6.07 Å². The van der Waals surface area contributed by atoms with Gasteiger partial charge < -0.3 is 5.11 Å². The molecule has 1 aliphatic carbocycles. The molecule has 0 spiro atoms. The van der Waals surface area contributed by atoms with Crippen molar-refractivity contribution in [2.75, 3.05) is 5.75 Å². The molecule has 1 fully saturated rings. The number of carboxylic acids is 1. The molecule has 0 aliphatic heterocycles. The smallest absolute Gasteiger partial charge is 0.303 e. The summed E-state index contributed by atoms with van der Waals surface area (Å²) < 4.78 is 25.1. The first-order valence-corrected chi connectivity index (χ1v) is 8.58. The van der Waals surface area contributed by atoms with Crippen molar-refractivity contribution in [3.8, 4) is 0 Å². The average Bonchev–Trinajstić information content (AvgIpc) is 2.93. The maximum atomic E-state index is 12.1. The SMILES string of the molecule is O=C(O)CC1(CS(=O)(=O)Cc2cccc(Br)c2)CC1. The molecule has 0 atom stereocenters. The molecule has 0 aromatic heterocycles. The first-order chi connectivity index (χ1) is 8.80. The molecule has 6 heteroatoms. The maximum absolute atomic E-state index is 12.1. The molecule has 104 valence electrons. The van der Waals surface area contributed by atoms with Crippen molar-refractivity contribution in [3.05, 3.63) is 34.3 Å². The number of hydrogen-bond donors (Lipinski definition) is 1. The van der Waals surface area contributed by atoms with E-state index in [-0.39, 0.29) is 17.9 Å². The van der Waals surface area contributed by atoms with Crippen molar-refractivity contribution in [2.24, 2.45) is 5.41 Å². The van der Waals surface area contributed by atoms with Gasteiger partial charge in [0.15, 0.2) is 9.84 Å². The van der Waals surface area contributed by atoms with Gasteiger partial charge in [-0.2, -0.15) is 0 Å². The molecule has 19 heavy (non-hydrogen) atoms. The van der Waals surface area contributed by atoms with Crippen LogP contribution in [0.5, 0.6) is 0 Å². The predicted octanol–water partition coefficient (Wildman–Crippen LogP) is 2.62. The lowest BCUT2D eigenvalue weighted by molar-refractivity contribution is -0.138. The van der Waals surface area contributed by atoms with Crippen LogP contribution in [0, 0.1) is 5.41 Å². The fourth-order valence-electron chi connectivity index (χ4n) is 2.27. The monoisotopic (exact) mass is 346 g/mol. The van der Waals surface area contributed by atoms with Gasteiger partial charge in [-0.15, -0.1) is 0 Å². The zero-order chi connectivity index (χ0) is 14.1. The van der Waals surface area contributed by atoms with Crippen LogP contribution >= 0.6 is 15.9 Å². The quantitative estimate of drug-likeness (QED) is 0.859. The summed E-state index contributed by atoms with van der Waals surface area (Å²) in [5, 5.41) is 8.81. The Labute approximate surface area is 120 Å². The molecule has 1 aliphatic rings. The summed E-state index contributed by atoms with van der Waals surface area (Å²) >= 11 is 3.30. The molecular weight excluding hydrogens is 332 g/mol. The van der Waals surface area contributed by atoms with Crippen LogP contribution in [0.3, 0.4) is 0 Å². The Morgan fingerprint density at radius 1 is 1.37 bits per heavy atom. The number of sulfone groups is 1. The zero-order valence-corrected chi connectivity index (χ0v) is 12.7. The molecule has 1 saturated carbocycles. The first kappa shape index (κ1) is 14.5. The van der Waals surface area contributed by atoms with Crippen LogP contribution in [-0.4, -0.2) is 25.2 Å². The summed E-state index contributed by atoms with van der Waals surface area (Å²) in [4.78, 5) is 10.7. The lowest BCUT2D eigenvalue weighted by atomic mass is 10.1. The molecule has 0 amide bonds. The number of carboxylic acid groups (broad SMARTS) is 1. The minimum absolute atomic E-state index is 0.0290. The standard InChI is InChI=1S/C13H15BrO4S/c14-11-3-1-2-10(6-11)8-19(17,18)9-13(4-5-13)7-12(15)16/h1-3,6H,4-5,7-9H2,(H,15,16). The topological polar surface area (TPSA) is 71.4 Å². The summed E-state index contributed by atoms with van der Waals surface area (Å²) in [5.41, 5.74) is 0.206. The highest BCUT2D eigenvalue weighted by atomic mass is 79.9. The Bertz CT molecular complexity index is 590. The molecule has 0 bridgehead atoms. The molecule has 0 unspecified atom stereocenters. The van der Waals surface area contributed by atoms with Crippen LogP contribution in [0.15, 0.2) is 28.7 Å². The van der Waals surface area contributed by atoms with E-state index in [4.69, 9.17) is 5.11 Å². The highest BCUT2D eigenvalue weighted by molar-refractivity contribution is 9.10. The van der Waals surface area contributed by atoms with Crippen LogP contribution in [0.2, 0.25) is 0 Å². The van der Waals surface area contributed by atoms with E-state index < -0.39 is 21.2 Å². The van der Waals surface area contributed by atoms with E-state index in [2.05, 4.69) is 15.9 Å². The Morgan fingerprint density at radius 2 is 2.05 bits per heavy atom. The number of rotatable bonds is 6. The molecule has 0 radical (unpaired) electrons. The summed E-state index contributed by atoms with van der Waals surface area (Å²) in [6.07, 6.45) is 1.33. The van der Waals surface area contributed by atoms with E-state index in [0.29, 0.717) is 12.8 Å². The van der Waals surface area contributed by atoms with Gasteiger partial charge in [-0.25, -0.2) is 8.42 Å². The van der Waals surface area contributed by atoms with E-state index >= 15 is 0 Å². The van der Waals surface area contributed by atoms with Gasteiger partial charge in [-0.1, -0.05) is 28.1 Å². The fourth-order valence-corrected chi connectivity index (χ4v) is 4.83. The molecule has 1 N–H and O–H groups in total. The van der Waals surface area contributed by atoms with E-state index in [1.165, 1.54) is 0 Å². The lowest BCUT2D eigenvalue weighted by Crippen LogP contribution is -2.21.